The smallest absolute Gasteiger partial charge is 0.338 e. The molecule has 0 unspecified atom stereocenters. The average molecular weight is 373 g/mol. The lowest BCUT2D eigenvalue weighted by molar-refractivity contribution is 0.0473. The summed E-state index contributed by atoms with van der Waals surface area (Å²) in [6.07, 6.45) is 1.16. The molecule has 2 aromatic rings. The monoisotopic (exact) mass is 372 g/mol. The van der Waals surface area contributed by atoms with Crippen LogP contribution in [0, 0.1) is 0 Å². The van der Waals surface area contributed by atoms with Crippen LogP contribution in [-0.4, -0.2) is 20.6 Å². The van der Waals surface area contributed by atoms with E-state index in [0.29, 0.717) is 26.7 Å². The minimum absolute atomic E-state index is 0.0277. The Bertz CT molecular complexity index is 814. The van der Waals surface area contributed by atoms with Crippen molar-refractivity contribution in [1.29, 1.82) is 0 Å². The van der Waals surface area contributed by atoms with Gasteiger partial charge in [0.05, 0.1) is 11.3 Å². The molecule has 0 atom stereocenters. The van der Waals surface area contributed by atoms with Crippen molar-refractivity contribution < 1.29 is 17.9 Å². The van der Waals surface area contributed by atoms with Crippen molar-refractivity contribution in [3.8, 4) is 0 Å². The Balaban J connectivity index is 2.00. The van der Waals surface area contributed by atoms with Crippen molar-refractivity contribution in [2.45, 2.75) is 12.4 Å². The first-order valence-corrected chi connectivity index (χ1v) is 9.44. The molecule has 0 fully saturated rings. The van der Waals surface area contributed by atoms with Crippen molar-refractivity contribution in [1.82, 2.24) is 0 Å². The zero-order valence-corrected chi connectivity index (χ0v) is 14.6. The minimum Gasteiger partial charge on any atom is -0.457 e. The molecule has 0 saturated heterocycles. The van der Waals surface area contributed by atoms with E-state index in [1.807, 2.05) is 0 Å². The predicted molar refractivity (Wildman–Crippen MR) is 90.6 cm³/mol. The highest BCUT2D eigenvalue weighted by atomic mass is 35.5. The minimum atomic E-state index is -3.11. The molecule has 4 nitrogen and oxygen atoms in total. The summed E-state index contributed by atoms with van der Waals surface area (Å²) in [4.78, 5) is 12.0. The molecule has 2 aromatic carbocycles. The van der Waals surface area contributed by atoms with Gasteiger partial charge in [0.25, 0.3) is 0 Å². The molecule has 0 aliphatic heterocycles. The van der Waals surface area contributed by atoms with Crippen molar-refractivity contribution in [3.63, 3.8) is 0 Å². The second kappa shape index (κ2) is 7.34. The maximum absolute atomic E-state index is 12.0. The molecule has 23 heavy (non-hydrogen) atoms. The van der Waals surface area contributed by atoms with Crippen LogP contribution in [0.5, 0.6) is 0 Å². The molecule has 0 aliphatic carbocycles. The summed E-state index contributed by atoms with van der Waals surface area (Å²) < 4.78 is 27.6. The summed E-state index contributed by atoms with van der Waals surface area (Å²) >= 11 is 11.8. The fraction of sp³-hybridized carbons (Fsp3) is 0.188. The second-order valence-electron chi connectivity index (χ2n) is 5.08. The first kappa shape index (κ1) is 17.8. The van der Waals surface area contributed by atoms with Crippen LogP contribution >= 0.6 is 23.2 Å². The zero-order valence-electron chi connectivity index (χ0n) is 12.3. The summed E-state index contributed by atoms with van der Waals surface area (Å²) in [5, 5.41) is 0.931. The Kier molecular flexibility index (Phi) is 5.68. The van der Waals surface area contributed by atoms with E-state index in [1.54, 1.807) is 30.3 Å². The molecule has 0 spiro atoms. The highest BCUT2D eigenvalue weighted by molar-refractivity contribution is 7.89. The van der Waals surface area contributed by atoms with Gasteiger partial charge in [0.15, 0.2) is 9.84 Å². The van der Waals surface area contributed by atoms with Gasteiger partial charge in [-0.3, -0.25) is 0 Å². The van der Waals surface area contributed by atoms with Crippen molar-refractivity contribution in [2.75, 3.05) is 6.26 Å². The van der Waals surface area contributed by atoms with Gasteiger partial charge in [0, 0.05) is 21.9 Å². The lowest BCUT2D eigenvalue weighted by Crippen LogP contribution is -2.06. The number of halogens is 2. The fourth-order valence-corrected chi connectivity index (χ4v) is 3.17. The fourth-order valence-electron chi connectivity index (χ4n) is 1.91. The Hall–Kier alpha value is -1.56. The van der Waals surface area contributed by atoms with Crippen molar-refractivity contribution >= 4 is 39.0 Å². The van der Waals surface area contributed by atoms with Gasteiger partial charge >= 0.3 is 5.97 Å². The van der Waals surface area contributed by atoms with Gasteiger partial charge in [-0.15, -0.1) is 0 Å². The largest absolute Gasteiger partial charge is 0.457 e. The summed E-state index contributed by atoms with van der Waals surface area (Å²) in [7, 11) is -3.11. The number of hydrogen-bond donors (Lipinski definition) is 0. The number of hydrogen-bond acceptors (Lipinski definition) is 4. The molecule has 0 N–H and O–H groups in total. The Morgan fingerprint density at radius 1 is 1.09 bits per heavy atom. The van der Waals surface area contributed by atoms with Gasteiger partial charge in [0.1, 0.15) is 6.61 Å². The SMILES string of the molecule is CS(=O)(=O)Cc1ccc(C(=O)OCc2ccc(Cl)cc2Cl)cc1. The molecule has 0 bridgehead atoms. The van der Waals surface area contributed by atoms with Gasteiger partial charge in [-0.25, -0.2) is 13.2 Å². The van der Waals surface area contributed by atoms with Gasteiger partial charge in [-0.2, -0.15) is 0 Å². The van der Waals surface area contributed by atoms with E-state index in [1.165, 1.54) is 12.1 Å². The Labute approximate surface area is 144 Å². The van der Waals surface area contributed by atoms with Crippen LogP contribution in [0.1, 0.15) is 21.5 Å². The molecular formula is C16H14Cl2O4S. The van der Waals surface area contributed by atoms with Crippen LogP contribution in [0.4, 0.5) is 0 Å². The number of rotatable bonds is 5. The van der Waals surface area contributed by atoms with Gasteiger partial charge < -0.3 is 4.74 Å². The van der Waals surface area contributed by atoms with Crippen LogP contribution < -0.4 is 0 Å². The Morgan fingerprint density at radius 2 is 1.74 bits per heavy atom. The van der Waals surface area contributed by atoms with Crippen molar-refractivity contribution in [3.05, 3.63) is 69.2 Å². The number of benzene rings is 2. The van der Waals surface area contributed by atoms with Gasteiger partial charge in [-0.1, -0.05) is 41.4 Å². The molecular weight excluding hydrogens is 359 g/mol. The lowest BCUT2D eigenvalue weighted by atomic mass is 10.1. The maximum Gasteiger partial charge on any atom is 0.338 e. The molecule has 0 radical (unpaired) electrons. The van der Waals surface area contributed by atoms with Crippen LogP contribution in [0.25, 0.3) is 0 Å². The topological polar surface area (TPSA) is 60.4 Å². The second-order valence-corrected chi connectivity index (χ2v) is 8.06. The number of carbonyl (C=O) groups is 1. The van der Waals surface area contributed by atoms with Crippen molar-refractivity contribution in [2.24, 2.45) is 0 Å². The maximum atomic E-state index is 12.0. The van der Waals surface area contributed by atoms with E-state index in [4.69, 9.17) is 27.9 Å². The van der Waals surface area contributed by atoms with E-state index < -0.39 is 15.8 Å². The molecule has 2 rings (SSSR count). The number of ether oxygens (including phenoxy) is 1. The summed E-state index contributed by atoms with van der Waals surface area (Å²) in [5.41, 5.74) is 1.61. The molecule has 7 heteroatoms. The summed E-state index contributed by atoms with van der Waals surface area (Å²) in [5.74, 6) is -0.579. The van der Waals surface area contributed by atoms with E-state index in [-0.39, 0.29) is 12.4 Å². The number of esters is 1. The molecule has 0 aromatic heterocycles. The number of carbonyl (C=O) groups excluding carboxylic acids is 1. The van der Waals surface area contributed by atoms with Crippen LogP contribution in [0.2, 0.25) is 10.0 Å². The van der Waals surface area contributed by atoms with Gasteiger partial charge in [-0.05, 0) is 29.8 Å². The van der Waals surface area contributed by atoms with E-state index in [0.717, 1.165) is 6.26 Å². The predicted octanol–water partition coefficient (Wildman–Crippen LogP) is 3.90. The van der Waals surface area contributed by atoms with E-state index >= 15 is 0 Å². The average Bonchev–Trinajstić information content (AvgIpc) is 2.45. The highest BCUT2D eigenvalue weighted by Crippen LogP contribution is 2.22. The highest BCUT2D eigenvalue weighted by Gasteiger charge is 2.10. The molecule has 0 saturated carbocycles. The first-order valence-electron chi connectivity index (χ1n) is 6.62. The third kappa shape index (κ3) is 5.53. The molecule has 0 heterocycles. The van der Waals surface area contributed by atoms with Crippen LogP contribution in [0.3, 0.4) is 0 Å². The van der Waals surface area contributed by atoms with E-state index in [2.05, 4.69) is 0 Å². The normalized spacial score (nSPS) is 11.3. The van der Waals surface area contributed by atoms with Crippen LogP contribution in [-0.2, 0) is 26.9 Å². The zero-order chi connectivity index (χ0) is 17.0. The molecule has 0 amide bonds. The standard InChI is InChI=1S/C16H14Cl2O4S/c1-23(20,21)10-11-2-4-12(5-3-11)16(19)22-9-13-6-7-14(17)8-15(13)18/h2-8H,9-10H2,1H3. The van der Waals surface area contributed by atoms with Crippen LogP contribution in [0.15, 0.2) is 42.5 Å². The molecule has 122 valence electrons. The summed E-state index contributed by atoms with van der Waals surface area (Å²) in [6, 6.07) is 11.2. The first-order chi connectivity index (χ1) is 10.7. The Morgan fingerprint density at radius 3 is 2.30 bits per heavy atom. The quantitative estimate of drug-likeness (QED) is 0.746. The third-order valence-corrected chi connectivity index (χ3v) is 4.44. The third-order valence-electron chi connectivity index (χ3n) is 2.99. The van der Waals surface area contributed by atoms with E-state index in [9.17, 15) is 13.2 Å². The van der Waals surface area contributed by atoms with Gasteiger partial charge in [0.2, 0.25) is 0 Å². The molecule has 0 aliphatic rings. The summed E-state index contributed by atoms with van der Waals surface area (Å²) in [6.45, 7) is 0.0277. The number of sulfone groups is 1. The lowest BCUT2D eigenvalue weighted by Gasteiger charge is -2.07.